The highest BCUT2D eigenvalue weighted by molar-refractivity contribution is 6.13. The summed E-state index contributed by atoms with van der Waals surface area (Å²) in [5.74, 6) is 0.486. The van der Waals surface area contributed by atoms with Gasteiger partial charge in [0.05, 0.1) is 7.11 Å². The second-order valence-corrected chi connectivity index (χ2v) is 6.72. The highest BCUT2D eigenvalue weighted by Crippen LogP contribution is 2.34. The van der Waals surface area contributed by atoms with Gasteiger partial charge in [-0.25, -0.2) is 9.79 Å². The summed E-state index contributed by atoms with van der Waals surface area (Å²) in [6, 6.07) is 12.2. The average Bonchev–Trinajstić information content (AvgIpc) is 3.07. The van der Waals surface area contributed by atoms with E-state index in [0.717, 1.165) is 5.57 Å². The van der Waals surface area contributed by atoms with Crippen LogP contribution in [0.1, 0.15) is 25.0 Å². The van der Waals surface area contributed by atoms with Gasteiger partial charge >= 0.3 is 5.97 Å². The van der Waals surface area contributed by atoms with Gasteiger partial charge in [0, 0.05) is 23.7 Å². The van der Waals surface area contributed by atoms with Crippen molar-refractivity contribution in [3.63, 3.8) is 0 Å². The molecule has 1 aliphatic rings. The Morgan fingerprint density at radius 1 is 1.20 bits per heavy atom. The second-order valence-electron chi connectivity index (χ2n) is 6.72. The molecule has 30 heavy (non-hydrogen) atoms. The maximum atomic E-state index is 12.4. The van der Waals surface area contributed by atoms with Gasteiger partial charge in [0.25, 0.3) is 0 Å². The van der Waals surface area contributed by atoms with E-state index in [4.69, 9.17) is 14.2 Å². The van der Waals surface area contributed by atoms with E-state index in [-0.39, 0.29) is 17.5 Å². The lowest BCUT2D eigenvalue weighted by Gasteiger charge is -2.13. The molecule has 0 saturated carbocycles. The summed E-state index contributed by atoms with van der Waals surface area (Å²) in [4.78, 5) is 27.8. The van der Waals surface area contributed by atoms with Crippen molar-refractivity contribution in [2.75, 3.05) is 19.0 Å². The Morgan fingerprint density at radius 3 is 2.57 bits per heavy atom. The summed E-state index contributed by atoms with van der Waals surface area (Å²) >= 11 is 0. The van der Waals surface area contributed by atoms with Crippen LogP contribution in [0.5, 0.6) is 11.5 Å². The van der Waals surface area contributed by atoms with Crippen LogP contribution in [0.25, 0.3) is 6.08 Å². The molecule has 0 fully saturated rings. The zero-order valence-corrected chi connectivity index (χ0v) is 17.0. The first kappa shape index (κ1) is 20.9. The molecule has 3 rings (SSSR count). The molecule has 0 spiro atoms. The molecule has 0 bridgehead atoms. The Kier molecular flexibility index (Phi) is 6.32. The smallest absolute Gasteiger partial charge is 0.363 e. The molecule has 1 aliphatic heterocycles. The molecule has 7 heteroatoms. The van der Waals surface area contributed by atoms with E-state index in [1.165, 1.54) is 6.92 Å². The van der Waals surface area contributed by atoms with E-state index in [9.17, 15) is 9.59 Å². The maximum absolute atomic E-state index is 12.4. The fourth-order valence-electron chi connectivity index (χ4n) is 2.74. The monoisotopic (exact) mass is 406 g/mol. The number of methoxy groups -OCH3 is 1. The fraction of sp³-hybridized carbons (Fsp3) is 0.174. The highest BCUT2D eigenvalue weighted by Gasteiger charge is 2.25. The number of carbonyl (C=O) groups excluding carboxylic acids is 2. The molecule has 0 aromatic heterocycles. The number of para-hydroxylation sites is 1. The largest absolute Gasteiger partial charge is 0.493 e. The van der Waals surface area contributed by atoms with Crippen molar-refractivity contribution in [3.05, 3.63) is 71.4 Å². The summed E-state index contributed by atoms with van der Waals surface area (Å²) < 4.78 is 16.5. The number of nitrogens with one attached hydrogen (secondary N) is 1. The minimum absolute atomic E-state index is 0.143. The first-order valence-corrected chi connectivity index (χ1v) is 9.22. The fourth-order valence-corrected chi connectivity index (χ4v) is 2.74. The van der Waals surface area contributed by atoms with E-state index in [1.807, 2.05) is 6.92 Å². The Balaban J connectivity index is 1.90. The average molecular weight is 406 g/mol. The van der Waals surface area contributed by atoms with Gasteiger partial charge < -0.3 is 19.5 Å². The van der Waals surface area contributed by atoms with Crippen molar-refractivity contribution in [3.8, 4) is 11.5 Å². The minimum atomic E-state index is -0.565. The van der Waals surface area contributed by atoms with Crippen LogP contribution in [-0.2, 0) is 14.3 Å². The highest BCUT2D eigenvalue weighted by atomic mass is 16.6. The number of amides is 1. The summed E-state index contributed by atoms with van der Waals surface area (Å²) in [5.41, 5.74) is 2.88. The standard InChI is InChI=1S/C23H22N2O5/c1-14(2)13-29-21-17(6-5-7-20(21)28-4)12-19-23(27)30-22(25-19)16-8-10-18(11-9-16)24-15(3)26/h5-12H,1,13H2,2-4H3,(H,24,26)/b19-12-. The Bertz CT molecular complexity index is 1050. The van der Waals surface area contributed by atoms with Crippen LogP contribution in [0.15, 0.2) is 65.3 Å². The molecular formula is C23H22N2O5. The van der Waals surface area contributed by atoms with Crippen LogP contribution in [0.4, 0.5) is 5.69 Å². The van der Waals surface area contributed by atoms with E-state index >= 15 is 0 Å². The molecule has 0 saturated heterocycles. The Morgan fingerprint density at radius 2 is 1.93 bits per heavy atom. The van der Waals surface area contributed by atoms with Crippen LogP contribution in [0.2, 0.25) is 0 Å². The van der Waals surface area contributed by atoms with Gasteiger partial charge in [0.1, 0.15) is 6.61 Å². The van der Waals surface area contributed by atoms with Gasteiger partial charge in [-0.2, -0.15) is 0 Å². The third-order valence-electron chi connectivity index (χ3n) is 4.06. The molecule has 154 valence electrons. The first-order chi connectivity index (χ1) is 14.4. The number of anilines is 1. The van der Waals surface area contributed by atoms with E-state index in [2.05, 4.69) is 16.9 Å². The van der Waals surface area contributed by atoms with E-state index in [0.29, 0.717) is 34.9 Å². The minimum Gasteiger partial charge on any atom is -0.493 e. The number of aliphatic imine (C=N–C) groups is 1. The van der Waals surface area contributed by atoms with Crippen molar-refractivity contribution in [1.29, 1.82) is 0 Å². The molecular weight excluding hydrogens is 384 g/mol. The second kappa shape index (κ2) is 9.09. The number of carbonyl (C=O) groups is 2. The van der Waals surface area contributed by atoms with Crippen molar-refractivity contribution >= 4 is 29.5 Å². The zero-order chi connectivity index (χ0) is 21.7. The number of hydrogen-bond acceptors (Lipinski definition) is 6. The molecule has 1 heterocycles. The third kappa shape index (κ3) is 4.94. The van der Waals surface area contributed by atoms with Crippen LogP contribution in [0, 0.1) is 0 Å². The Labute approximate surface area is 174 Å². The molecule has 0 radical (unpaired) electrons. The van der Waals surface area contributed by atoms with E-state index in [1.54, 1.807) is 55.7 Å². The lowest BCUT2D eigenvalue weighted by Crippen LogP contribution is -2.07. The number of esters is 1. The number of hydrogen-bond donors (Lipinski definition) is 1. The number of ether oxygens (including phenoxy) is 3. The molecule has 2 aromatic rings. The van der Waals surface area contributed by atoms with Gasteiger partial charge in [-0.3, -0.25) is 4.79 Å². The normalized spacial score (nSPS) is 14.2. The summed E-state index contributed by atoms with van der Waals surface area (Å²) in [5, 5.41) is 2.68. The lowest BCUT2D eigenvalue weighted by molar-refractivity contribution is -0.129. The molecule has 0 unspecified atom stereocenters. The Hall–Kier alpha value is -3.87. The van der Waals surface area contributed by atoms with Crippen LogP contribution < -0.4 is 14.8 Å². The molecule has 7 nitrogen and oxygen atoms in total. The topological polar surface area (TPSA) is 86.2 Å². The summed E-state index contributed by atoms with van der Waals surface area (Å²) in [6.07, 6.45) is 1.59. The molecule has 1 N–H and O–H groups in total. The number of cyclic esters (lactones) is 1. The molecule has 1 amide bonds. The zero-order valence-electron chi connectivity index (χ0n) is 17.0. The van der Waals surface area contributed by atoms with Crippen molar-refractivity contribution in [1.82, 2.24) is 0 Å². The first-order valence-electron chi connectivity index (χ1n) is 9.22. The number of benzene rings is 2. The third-order valence-corrected chi connectivity index (χ3v) is 4.06. The summed E-state index contributed by atoms with van der Waals surface area (Å²) in [7, 11) is 1.55. The predicted molar refractivity (Wildman–Crippen MR) is 115 cm³/mol. The van der Waals surface area contributed by atoms with Crippen LogP contribution in [-0.4, -0.2) is 31.5 Å². The van der Waals surface area contributed by atoms with Gasteiger partial charge in [0.15, 0.2) is 17.2 Å². The molecule has 0 aliphatic carbocycles. The van der Waals surface area contributed by atoms with Gasteiger partial charge in [-0.1, -0.05) is 18.7 Å². The van der Waals surface area contributed by atoms with Crippen LogP contribution in [0.3, 0.4) is 0 Å². The maximum Gasteiger partial charge on any atom is 0.363 e. The van der Waals surface area contributed by atoms with Gasteiger partial charge in [-0.15, -0.1) is 0 Å². The SMILES string of the molecule is C=C(C)COc1c(/C=C2\N=C(c3ccc(NC(C)=O)cc3)OC2=O)cccc1OC. The van der Waals surface area contributed by atoms with Crippen LogP contribution >= 0.6 is 0 Å². The van der Waals surface area contributed by atoms with Crippen molar-refractivity contribution in [2.45, 2.75) is 13.8 Å². The lowest BCUT2D eigenvalue weighted by atomic mass is 10.1. The van der Waals surface area contributed by atoms with Crippen molar-refractivity contribution in [2.24, 2.45) is 4.99 Å². The number of nitrogens with zero attached hydrogens (tertiary/aromatic N) is 1. The van der Waals surface area contributed by atoms with Gasteiger partial charge in [0.2, 0.25) is 11.8 Å². The number of rotatable bonds is 7. The van der Waals surface area contributed by atoms with E-state index < -0.39 is 5.97 Å². The predicted octanol–water partition coefficient (Wildman–Crippen LogP) is 3.95. The van der Waals surface area contributed by atoms with Gasteiger partial charge in [-0.05, 0) is 48.9 Å². The molecule has 2 aromatic carbocycles. The quantitative estimate of drug-likeness (QED) is 0.427. The summed E-state index contributed by atoms with van der Waals surface area (Å²) in [6.45, 7) is 7.44. The molecule has 0 atom stereocenters. The van der Waals surface area contributed by atoms with Crippen molar-refractivity contribution < 1.29 is 23.8 Å².